The van der Waals surface area contributed by atoms with E-state index in [4.69, 9.17) is 9.47 Å². The fourth-order valence-electron chi connectivity index (χ4n) is 5.95. The molecule has 0 spiro atoms. The summed E-state index contributed by atoms with van der Waals surface area (Å²) in [5.41, 5.74) is 1.28. The van der Waals surface area contributed by atoms with E-state index in [0.29, 0.717) is 59.8 Å². The molecule has 2 aliphatic carbocycles. The number of aldehydes is 1. The summed E-state index contributed by atoms with van der Waals surface area (Å²) in [4.78, 5) is 40.1. The molecular weight excluding hydrogens is 476 g/mol. The van der Waals surface area contributed by atoms with Gasteiger partial charge in [0.1, 0.15) is 18.5 Å². The first-order chi connectivity index (χ1) is 17.9. The van der Waals surface area contributed by atoms with Crippen molar-refractivity contribution in [3.05, 3.63) is 34.9 Å². The van der Waals surface area contributed by atoms with Crippen LogP contribution in [0.5, 0.6) is 11.5 Å². The number of carbonyl (C=O) groups excluding carboxylic acids is 3. The van der Waals surface area contributed by atoms with Gasteiger partial charge in [-0.15, -0.1) is 0 Å². The zero-order valence-corrected chi connectivity index (χ0v) is 21.7. The monoisotopic (exact) mass is 514 g/mol. The fourth-order valence-corrected chi connectivity index (χ4v) is 5.95. The Bertz CT molecular complexity index is 1030. The van der Waals surface area contributed by atoms with Gasteiger partial charge in [-0.3, -0.25) is 14.4 Å². The van der Waals surface area contributed by atoms with Gasteiger partial charge in [0, 0.05) is 36.2 Å². The highest BCUT2D eigenvalue weighted by atomic mass is 16.5. The Labute approximate surface area is 217 Å². The molecule has 1 aromatic rings. The lowest BCUT2D eigenvalue weighted by Crippen LogP contribution is -2.56. The van der Waals surface area contributed by atoms with Crippen molar-refractivity contribution in [2.24, 2.45) is 5.92 Å². The predicted octanol–water partition coefficient (Wildman–Crippen LogP) is 2.34. The maximum Gasteiger partial charge on any atom is 0.247 e. The first-order valence-electron chi connectivity index (χ1n) is 13.4. The average Bonchev–Trinajstić information content (AvgIpc) is 3.31. The van der Waals surface area contributed by atoms with Crippen LogP contribution in [0.25, 0.3) is 0 Å². The smallest absolute Gasteiger partial charge is 0.247 e. The SMILES string of the molecule is CCCC(=O)N(CC1CCCCC1)[C@@H]1C=C(C(=O)NCCO)[C@@H]2c3cc(C=O)cc(OC)c3O[C@@H]2[C@H]1O. The van der Waals surface area contributed by atoms with Gasteiger partial charge in [0.25, 0.3) is 0 Å². The van der Waals surface area contributed by atoms with Crippen LogP contribution in [0.2, 0.25) is 0 Å². The minimum atomic E-state index is -1.10. The molecular formula is C28H38N2O7. The Morgan fingerprint density at radius 3 is 2.65 bits per heavy atom. The normalized spacial score (nSPS) is 24.8. The molecule has 1 fully saturated rings. The van der Waals surface area contributed by atoms with Gasteiger partial charge >= 0.3 is 0 Å². The van der Waals surface area contributed by atoms with Crippen LogP contribution in [-0.2, 0) is 9.59 Å². The quantitative estimate of drug-likeness (QED) is 0.409. The lowest BCUT2D eigenvalue weighted by Gasteiger charge is -2.42. The molecule has 4 atom stereocenters. The van der Waals surface area contributed by atoms with Crippen molar-refractivity contribution in [3.8, 4) is 11.5 Å². The third kappa shape index (κ3) is 5.52. The molecule has 9 heteroatoms. The molecule has 0 unspecified atom stereocenters. The molecule has 9 nitrogen and oxygen atoms in total. The topological polar surface area (TPSA) is 125 Å². The third-order valence-electron chi connectivity index (χ3n) is 7.73. The summed E-state index contributed by atoms with van der Waals surface area (Å²) >= 11 is 0. The number of methoxy groups -OCH3 is 1. The summed E-state index contributed by atoms with van der Waals surface area (Å²) < 4.78 is 11.7. The van der Waals surface area contributed by atoms with Crippen LogP contribution in [0.4, 0.5) is 0 Å². The molecule has 0 radical (unpaired) electrons. The van der Waals surface area contributed by atoms with Crippen molar-refractivity contribution in [2.45, 2.75) is 76.0 Å². The van der Waals surface area contributed by atoms with Crippen LogP contribution in [0.3, 0.4) is 0 Å². The van der Waals surface area contributed by atoms with Crippen LogP contribution in [0.15, 0.2) is 23.8 Å². The molecule has 2 amide bonds. The van der Waals surface area contributed by atoms with E-state index in [9.17, 15) is 24.6 Å². The van der Waals surface area contributed by atoms with Crippen molar-refractivity contribution in [1.82, 2.24) is 10.2 Å². The van der Waals surface area contributed by atoms with Gasteiger partial charge in [0.05, 0.1) is 25.7 Å². The number of hydrogen-bond donors (Lipinski definition) is 3. The summed E-state index contributed by atoms with van der Waals surface area (Å²) in [6.07, 6.45) is 6.98. The van der Waals surface area contributed by atoms with Gasteiger partial charge in [0.2, 0.25) is 11.8 Å². The third-order valence-corrected chi connectivity index (χ3v) is 7.73. The molecule has 1 aliphatic heterocycles. The highest BCUT2D eigenvalue weighted by molar-refractivity contribution is 5.96. The molecule has 3 aliphatic rings. The van der Waals surface area contributed by atoms with Crippen LogP contribution in [0.1, 0.15) is 73.7 Å². The Morgan fingerprint density at radius 1 is 1.24 bits per heavy atom. The number of ether oxygens (including phenoxy) is 2. The number of nitrogens with one attached hydrogen (secondary N) is 1. The maximum atomic E-state index is 13.4. The standard InChI is InChI=1S/C28H38N2O7/c1-3-7-23(33)30(15-17-8-5-4-6-9-17)21-14-20(28(35)29-10-11-31)24-19-12-18(16-32)13-22(36-2)26(19)37-27(24)25(21)34/h12-14,16-17,21,24-25,27,31,34H,3-11,15H2,1-2H3,(H,29,35)/t21-,24+,25+,27+/m1/s1. The zero-order chi connectivity index (χ0) is 26.5. The molecule has 1 aromatic carbocycles. The number of amides is 2. The summed E-state index contributed by atoms with van der Waals surface area (Å²) in [5.74, 6) is -0.0638. The number of rotatable bonds is 10. The Balaban J connectivity index is 1.77. The van der Waals surface area contributed by atoms with Gasteiger partial charge in [-0.1, -0.05) is 26.2 Å². The Morgan fingerprint density at radius 2 is 2.00 bits per heavy atom. The lowest BCUT2D eigenvalue weighted by atomic mass is 9.76. The van der Waals surface area contributed by atoms with Gasteiger partial charge in [0.15, 0.2) is 11.5 Å². The number of nitrogens with zero attached hydrogens (tertiary/aromatic N) is 1. The van der Waals surface area contributed by atoms with Crippen molar-refractivity contribution in [1.29, 1.82) is 0 Å². The average molecular weight is 515 g/mol. The first-order valence-corrected chi connectivity index (χ1v) is 13.4. The van der Waals surface area contributed by atoms with Gasteiger partial charge in [-0.05, 0) is 43.4 Å². The number of fused-ring (bicyclic) bond motifs is 3. The summed E-state index contributed by atoms with van der Waals surface area (Å²) in [6.45, 7) is 2.30. The molecule has 1 heterocycles. The van der Waals surface area contributed by atoms with Crippen LogP contribution in [-0.4, -0.2) is 78.3 Å². The molecule has 4 rings (SSSR count). The van der Waals surface area contributed by atoms with Crippen molar-refractivity contribution in [2.75, 3.05) is 26.8 Å². The van der Waals surface area contributed by atoms with Crippen molar-refractivity contribution in [3.63, 3.8) is 0 Å². The van der Waals surface area contributed by atoms with E-state index >= 15 is 0 Å². The lowest BCUT2D eigenvalue weighted by molar-refractivity contribution is -0.138. The number of aliphatic hydroxyl groups is 2. The number of benzene rings is 1. The molecule has 37 heavy (non-hydrogen) atoms. The van der Waals surface area contributed by atoms with E-state index in [-0.39, 0.29) is 19.1 Å². The van der Waals surface area contributed by atoms with Gasteiger partial charge in [-0.2, -0.15) is 0 Å². The number of carbonyl (C=O) groups is 3. The molecule has 0 bridgehead atoms. The summed E-state index contributed by atoms with van der Waals surface area (Å²) in [6, 6.07) is 2.46. The summed E-state index contributed by atoms with van der Waals surface area (Å²) in [5, 5.41) is 23.6. The van der Waals surface area contributed by atoms with Crippen LogP contribution < -0.4 is 14.8 Å². The highest BCUT2D eigenvalue weighted by Gasteiger charge is 2.51. The second-order valence-corrected chi connectivity index (χ2v) is 10.2. The van der Waals surface area contributed by atoms with E-state index < -0.39 is 30.1 Å². The molecule has 1 saturated carbocycles. The number of hydrogen-bond acceptors (Lipinski definition) is 7. The first kappa shape index (κ1) is 27.1. The predicted molar refractivity (Wildman–Crippen MR) is 137 cm³/mol. The van der Waals surface area contributed by atoms with E-state index in [1.807, 2.05) is 6.92 Å². The molecule has 3 N–H and O–H groups in total. The molecule has 0 aromatic heterocycles. The largest absolute Gasteiger partial charge is 0.493 e. The van der Waals surface area contributed by atoms with E-state index in [1.54, 1.807) is 23.1 Å². The van der Waals surface area contributed by atoms with Gasteiger partial charge < -0.3 is 29.9 Å². The second kappa shape index (κ2) is 12.1. The number of aliphatic hydroxyl groups excluding tert-OH is 2. The Hall–Kier alpha value is -2.91. The molecule has 202 valence electrons. The van der Waals surface area contributed by atoms with Crippen LogP contribution >= 0.6 is 0 Å². The van der Waals surface area contributed by atoms with E-state index in [2.05, 4.69) is 5.32 Å². The summed E-state index contributed by atoms with van der Waals surface area (Å²) in [7, 11) is 1.47. The zero-order valence-electron chi connectivity index (χ0n) is 21.7. The fraction of sp³-hybridized carbons (Fsp3) is 0.607. The highest BCUT2D eigenvalue weighted by Crippen LogP contribution is 2.51. The maximum absolute atomic E-state index is 13.4. The minimum Gasteiger partial charge on any atom is -0.493 e. The minimum absolute atomic E-state index is 0.0572. The van der Waals surface area contributed by atoms with Gasteiger partial charge in [-0.25, -0.2) is 0 Å². The Kier molecular flexibility index (Phi) is 8.87. The molecule has 0 saturated heterocycles. The van der Waals surface area contributed by atoms with Crippen molar-refractivity contribution < 1.29 is 34.1 Å². The second-order valence-electron chi connectivity index (χ2n) is 10.2. The van der Waals surface area contributed by atoms with E-state index in [0.717, 1.165) is 25.7 Å². The van der Waals surface area contributed by atoms with E-state index in [1.165, 1.54) is 13.5 Å². The van der Waals surface area contributed by atoms with Crippen molar-refractivity contribution >= 4 is 18.1 Å². The van der Waals surface area contributed by atoms with Crippen LogP contribution in [0, 0.1) is 5.92 Å².